The number of hydrogen-bond donors (Lipinski definition) is 1. The molecule has 2 aliphatic heterocycles. The van der Waals surface area contributed by atoms with Crippen molar-refractivity contribution >= 4 is 23.3 Å². The lowest BCUT2D eigenvalue weighted by Crippen LogP contribution is -2.36. The van der Waals surface area contributed by atoms with Gasteiger partial charge >= 0.3 is 5.97 Å². The van der Waals surface area contributed by atoms with Crippen LogP contribution in [-0.4, -0.2) is 66.7 Å². The van der Waals surface area contributed by atoms with Gasteiger partial charge in [0.2, 0.25) is 0 Å². The van der Waals surface area contributed by atoms with Crippen molar-refractivity contribution in [2.45, 2.75) is 44.7 Å². The van der Waals surface area contributed by atoms with Crippen molar-refractivity contribution in [3.63, 3.8) is 0 Å². The van der Waals surface area contributed by atoms with E-state index < -0.39 is 5.97 Å². The fraction of sp³-hybridized carbons (Fsp3) is 0.650. The Bertz CT molecular complexity index is 619. The van der Waals surface area contributed by atoms with Gasteiger partial charge in [-0.15, -0.1) is 0 Å². The molecule has 1 aromatic carbocycles. The lowest BCUT2D eigenvalue weighted by Gasteiger charge is -2.27. The molecule has 1 atom stereocenters. The van der Waals surface area contributed by atoms with E-state index in [1.54, 1.807) is 0 Å². The number of carbonyl (C=O) groups is 1. The Balaban J connectivity index is 1.65. The number of benzene rings is 1. The van der Waals surface area contributed by atoms with Crippen LogP contribution in [0.15, 0.2) is 18.2 Å². The van der Waals surface area contributed by atoms with Crippen molar-refractivity contribution in [3.05, 3.63) is 28.8 Å². The molecule has 0 amide bonds. The Morgan fingerprint density at radius 2 is 1.96 bits per heavy atom. The highest BCUT2D eigenvalue weighted by Gasteiger charge is 2.24. The monoisotopic (exact) mass is 379 g/mol. The molecule has 2 saturated heterocycles. The largest absolute Gasteiger partial charge is 0.480 e. The Labute approximate surface area is 161 Å². The van der Waals surface area contributed by atoms with Crippen LogP contribution in [0.2, 0.25) is 5.02 Å². The van der Waals surface area contributed by atoms with E-state index in [1.165, 1.54) is 24.1 Å². The second kappa shape index (κ2) is 9.07. The lowest BCUT2D eigenvalue weighted by atomic mass is 10.1. The Hall–Kier alpha value is -1.30. The first kappa shape index (κ1) is 19.5. The molecule has 0 spiro atoms. The number of nitrogens with zero attached hydrogens (tertiary/aromatic N) is 3. The van der Waals surface area contributed by atoms with Crippen LogP contribution in [0.3, 0.4) is 0 Å². The zero-order chi connectivity index (χ0) is 18.5. The molecule has 1 unspecified atom stereocenters. The summed E-state index contributed by atoms with van der Waals surface area (Å²) in [6.45, 7) is 5.27. The van der Waals surface area contributed by atoms with E-state index in [4.69, 9.17) is 16.7 Å². The average Bonchev–Trinajstić information content (AvgIpc) is 3.02. The minimum absolute atomic E-state index is 0.119. The zero-order valence-electron chi connectivity index (χ0n) is 15.7. The fourth-order valence-electron chi connectivity index (χ4n) is 4.26. The van der Waals surface area contributed by atoms with Crippen LogP contribution < -0.4 is 4.90 Å². The number of aliphatic carboxylic acids is 1. The number of carboxylic acid groups (broad SMARTS) is 1. The molecule has 0 radical (unpaired) electrons. The lowest BCUT2D eigenvalue weighted by molar-refractivity contribution is -0.138. The summed E-state index contributed by atoms with van der Waals surface area (Å²) in [4.78, 5) is 17.9. The minimum atomic E-state index is -0.750. The van der Waals surface area contributed by atoms with Gasteiger partial charge in [-0.25, -0.2) is 0 Å². The Morgan fingerprint density at radius 1 is 1.19 bits per heavy atom. The molecule has 3 rings (SSSR count). The van der Waals surface area contributed by atoms with Crippen molar-refractivity contribution in [2.75, 3.05) is 44.7 Å². The zero-order valence-corrected chi connectivity index (χ0v) is 16.4. The summed E-state index contributed by atoms with van der Waals surface area (Å²) in [5.74, 6) is -0.750. The summed E-state index contributed by atoms with van der Waals surface area (Å²) in [6, 6.07) is 6.60. The van der Waals surface area contributed by atoms with E-state index >= 15 is 0 Å². The average molecular weight is 380 g/mol. The molecule has 144 valence electrons. The summed E-state index contributed by atoms with van der Waals surface area (Å²) >= 11 is 6.58. The maximum Gasteiger partial charge on any atom is 0.317 e. The van der Waals surface area contributed by atoms with Crippen LogP contribution in [0.5, 0.6) is 0 Å². The third-order valence-electron chi connectivity index (χ3n) is 5.72. The highest BCUT2D eigenvalue weighted by Crippen LogP contribution is 2.31. The van der Waals surface area contributed by atoms with Gasteiger partial charge in [0, 0.05) is 41.9 Å². The van der Waals surface area contributed by atoms with Crippen LogP contribution >= 0.6 is 11.6 Å². The molecule has 26 heavy (non-hydrogen) atoms. The maximum absolute atomic E-state index is 11.0. The number of likely N-dealkylation sites (tertiary alicyclic amines) is 1. The fourth-order valence-corrected chi connectivity index (χ4v) is 4.49. The molecule has 1 N–H and O–H groups in total. The van der Waals surface area contributed by atoms with Gasteiger partial charge in [-0.2, -0.15) is 0 Å². The quantitative estimate of drug-likeness (QED) is 0.821. The van der Waals surface area contributed by atoms with E-state index in [1.807, 2.05) is 18.0 Å². The van der Waals surface area contributed by atoms with Crippen molar-refractivity contribution in [1.82, 2.24) is 9.80 Å². The topological polar surface area (TPSA) is 47.0 Å². The summed E-state index contributed by atoms with van der Waals surface area (Å²) in [5, 5.41) is 9.88. The molecule has 2 fully saturated rings. The van der Waals surface area contributed by atoms with E-state index in [9.17, 15) is 4.79 Å². The third-order valence-corrected chi connectivity index (χ3v) is 6.07. The van der Waals surface area contributed by atoms with Gasteiger partial charge in [-0.05, 0) is 64.4 Å². The van der Waals surface area contributed by atoms with Crippen LogP contribution in [0.4, 0.5) is 5.69 Å². The van der Waals surface area contributed by atoms with Gasteiger partial charge in [-0.1, -0.05) is 17.7 Å². The molecule has 0 aliphatic carbocycles. The molecule has 0 bridgehead atoms. The number of likely N-dealkylation sites (N-methyl/N-ethyl adjacent to an activating group) is 1. The second-order valence-corrected chi connectivity index (χ2v) is 8.01. The molecule has 6 heteroatoms. The normalized spacial score (nSPS) is 22.0. The highest BCUT2D eigenvalue weighted by molar-refractivity contribution is 6.31. The first-order chi connectivity index (χ1) is 12.5. The molecule has 0 saturated carbocycles. The summed E-state index contributed by atoms with van der Waals surface area (Å²) in [5.41, 5.74) is 2.53. The van der Waals surface area contributed by atoms with Crippen molar-refractivity contribution in [2.24, 2.45) is 0 Å². The molecule has 1 aromatic rings. The van der Waals surface area contributed by atoms with Crippen LogP contribution in [-0.2, 0) is 11.3 Å². The van der Waals surface area contributed by atoms with Crippen molar-refractivity contribution in [1.29, 1.82) is 0 Å². The van der Waals surface area contributed by atoms with Gasteiger partial charge in [0.15, 0.2) is 0 Å². The Kier molecular flexibility index (Phi) is 6.79. The number of hydrogen-bond acceptors (Lipinski definition) is 4. The number of rotatable bonds is 6. The third kappa shape index (κ3) is 4.90. The van der Waals surface area contributed by atoms with Gasteiger partial charge < -0.3 is 10.0 Å². The van der Waals surface area contributed by atoms with Gasteiger partial charge in [0.05, 0.1) is 6.54 Å². The Morgan fingerprint density at radius 3 is 2.69 bits per heavy atom. The molecule has 5 nitrogen and oxygen atoms in total. The molecule has 2 heterocycles. The van der Waals surface area contributed by atoms with Crippen LogP contribution in [0.1, 0.15) is 37.7 Å². The second-order valence-electron chi connectivity index (χ2n) is 7.60. The van der Waals surface area contributed by atoms with Crippen LogP contribution in [0.25, 0.3) is 0 Å². The van der Waals surface area contributed by atoms with Crippen LogP contribution in [0, 0.1) is 0 Å². The first-order valence-corrected chi connectivity index (χ1v) is 10.1. The van der Waals surface area contributed by atoms with Crippen molar-refractivity contribution in [3.8, 4) is 0 Å². The standard InChI is InChI=1S/C20H30ClN3O2/c1-22(15-20(25)26)16-6-5-10-23(13-9-16)14-17-18(21)7-4-8-19(17)24-11-2-3-12-24/h4,7-8,16H,2-3,5-6,9-15H2,1H3,(H,25,26). The smallest absolute Gasteiger partial charge is 0.317 e. The summed E-state index contributed by atoms with van der Waals surface area (Å²) in [7, 11) is 1.92. The number of halogens is 1. The predicted octanol–water partition coefficient (Wildman–Crippen LogP) is 3.31. The molecule has 2 aliphatic rings. The van der Waals surface area contributed by atoms with Gasteiger partial charge in [0.1, 0.15) is 0 Å². The number of carboxylic acids is 1. The van der Waals surface area contributed by atoms with Gasteiger partial charge in [-0.3, -0.25) is 14.6 Å². The van der Waals surface area contributed by atoms with Gasteiger partial charge in [0.25, 0.3) is 0 Å². The summed E-state index contributed by atoms with van der Waals surface area (Å²) < 4.78 is 0. The predicted molar refractivity (Wildman–Crippen MR) is 106 cm³/mol. The minimum Gasteiger partial charge on any atom is -0.480 e. The highest BCUT2D eigenvalue weighted by atomic mass is 35.5. The van der Waals surface area contributed by atoms with E-state index in [0.717, 1.165) is 57.0 Å². The first-order valence-electron chi connectivity index (χ1n) is 9.71. The summed E-state index contributed by atoms with van der Waals surface area (Å²) in [6.07, 6.45) is 5.67. The SMILES string of the molecule is CN(CC(=O)O)C1CCCN(Cc2c(Cl)cccc2N2CCCC2)CC1. The van der Waals surface area contributed by atoms with E-state index in [2.05, 4.69) is 21.9 Å². The van der Waals surface area contributed by atoms with Crippen molar-refractivity contribution < 1.29 is 9.90 Å². The van der Waals surface area contributed by atoms with E-state index in [-0.39, 0.29) is 6.54 Å². The molecular formula is C20H30ClN3O2. The maximum atomic E-state index is 11.0. The number of anilines is 1. The van der Waals surface area contributed by atoms with E-state index in [0.29, 0.717) is 6.04 Å². The molecular weight excluding hydrogens is 350 g/mol. The molecule has 0 aromatic heterocycles.